The van der Waals surface area contributed by atoms with Crippen LogP contribution in [0.15, 0.2) is 18.2 Å². The van der Waals surface area contributed by atoms with Crippen molar-refractivity contribution in [3.8, 4) is 0 Å². The van der Waals surface area contributed by atoms with Crippen LogP contribution in [0.3, 0.4) is 0 Å². The molecule has 1 rings (SSSR count). The topological polar surface area (TPSA) is 67.1 Å². The minimum absolute atomic E-state index is 0.0953. The summed E-state index contributed by atoms with van der Waals surface area (Å²) in [5.41, 5.74) is 7.87. The van der Waals surface area contributed by atoms with E-state index in [4.69, 9.17) is 5.73 Å². The SMILES string of the molecule is CCC(CC)CNc1cc(N)ccc1C(=O)NC. The van der Waals surface area contributed by atoms with E-state index in [-0.39, 0.29) is 5.91 Å². The van der Waals surface area contributed by atoms with Gasteiger partial charge < -0.3 is 16.4 Å². The second-order valence-corrected chi connectivity index (χ2v) is 4.45. The van der Waals surface area contributed by atoms with Crippen LogP contribution in [0.1, 0.15) is 37.0 Å². The summed E-state index contributed by atoms with van der Waals surface area (Å²) in [5.74, 6) is 0.519. The van der Waals surface area contributed by atoms with E-state index in [0.29, 0.717) is 17.2 Å². The monoisotopic (exact) mass is 249 g/mol. The minimum atomic E-state index is -0.0953. The van der Waals surface area contributed by atoms with Gasteiger partial charge in [0.05, 0.1) is 5.56 Å². The maximum absolute atomic E-state index is 11.7. The van der Waals surface area contributed by atoms with Crippen molar-refractivity contribution in [3.63, 3.8) is 0 Å². The largest absolute Gasteiger partial charge is 0.399 e. The average Bonchev–Trinajstić information content (AvgIpc) is 2.39. The highest BCUT2D eigenvalue weighted by molar-refractivity contribution is 6.00. The Labute approximate surface area is 109 Å². The van der Waals surface area contributed by atoms with Gasteiger partial charge in [-0.05, 0) is 24.1 Å². The van der Waals surface area contributed by atoms with E-state index in [0.717, 1.165) is 25.1 Å². The molecule has 1 aromatic rings. The van der Waals surface area contributed by atoms with Gasteiger partial charge in [-0.3, -0.25) is 4.79 Å². The Kier molecular flexibility index (Phi) is 5.49. The lowest BCUT2D eigenvalue weighted by molar-refractivity contribution is 0.0964. The molecule has 100 valence electrons. The van der Waals surface area contributed by atoms with E-state index in [1.54, 1.807) is 19.2 Å². The van der Waals surface area contributed by atoms with Crippen LogP contribution in [0.4, 0.5) is 11.4 Å². The number of nitrogens with one attached hydrogen (secondary N) is 2. The van der Waals surface area contributed by atoms with Crippen molar-refractivity contribution in [3.05, 3.63) is 23.8 Å². The van der Waals surface area contributed by atoms with Crippen molar-refractivity contribution >= 4 is 17.3 Å². The average molecular weight is 249 g/mol. The molecule has 0 spiro atoms. The van der Waals surface area contributed by atoms with Crippen molar-refractivity contribution in [1.29, 1.82) is 0 Å². The summed E-state index contributed by atoms with van der Waals surface area (Å²) in [7, 11) is 1.63. The first-order chi connectivity index (χ1) is 8.62. The van der Waals surface area contributed by atoms with Crippen molar-refractivity contribution in [2.45, 2.75) is 26.7 Å². The van der Waals surface area contributed by atoms with E-state index in [1.165, 1.54) is 0 Å². The minimum Gasteiger partial charge on any atom is -0.399 e. The van der Waals surface area contributed by atoms with Crippen molar-refractivity contribution < 1.29 is 4.79 Å². The van der Waals surface area contributed by atoms with Crippen LogP contribution in [-0.2, 0) is 0 Å². The molecule has 1 aromatic carbocycles. The first-order valence-electron chi connectivity index (χ1n) is 6.47. The number of nitrogen functional groups attached to an aromatic ring is 1. The molecule has 18 heavy (non-hydrogen) atoms. The summed E-state index contributed by atoms with van der Waals surface area (Å²) in [6.45, 7) is 5.21. The zero-order valence-corrected chi connectivity index (χ0v) is 11.4. The van der Waals surface area contributed by atoms with Gasteiger partial charge in [0, 0.05) is 25.0 Å². The lowest BCUT2D eigenvalue weighted by Crippen LogP contribution is -2.21. The maximum atomic E-state index is 11.7. The molecule has 1 amide bonds. The number of carbonyl (C=O) groups is 1. The summed E-state index contributed by atoms with van der Waals surface area (Å²) >= 11 is 0. The third-order valence-corrected chi connectivity index (χ3v) is 3.25. The van der Waals surface area contributed by atoms with Gasteiger partial charge >= 0.3 is 0 Å². The fourth-order valence-corrected chi connectivity index (χ4v) is 1.87. The Morgan fingerprint density at radius 2 is 2.00 bits per heavy atom. The van der Waals surface area contributed by atoms with Crippen LogP contribution in [0, 0.1) is 5.92 Å². The molecule has 0 radical (unpaired) electrons. The lowest BCUT2D eigenvalue weighted by atomic mass is 10.0. The number of hydrogen-bond donors (Lipinski definition) is 3. The van der Waals surface area contributed by atoms with Gasteiger partial charge in [-0.25, -0.2) is 0 Å². The van der Waals surface area contributed by atoms with Gasteiger partial charge in [0.1, 0.15) is 0 Å². The Balaban J connectivity index is 2.85. The van der Waals surface area contributed by atoms with Crippen LogP contribution in [0.25, 0.3) is 0 Å². The number of amides is 1. The number of anilines is 2. The highest BCUT2D eigenvalue weighted by atomic mass is 16.1. The van der Waals surface area contributed by atoms with Gasteiger partial charge in [-0.1, -0.05) is 26.7 Å². The van der Waals surface area contributed by atoms with E-state index in [1.807, 2.05) is 6.07 Å². The van der Waals surface area contributed by atoms with Crippen LogP contribution >= 0.6 is 0 Å². The zero-order chi connectivity index (χ0) is 13.5. The number of nitrogens with two attached hydrogens (primary N) is 1. The summed E-state index contributed by atoms with van der Waals surface area (Å²) < 4.78 is 0. The smallest absolute Gasteiger partial charge is 0.253 e. The van der Waals surface area contributed by atoms with Gasteiger partial charge in [0.2, 0.25) is 0 Å². The molecule has 4 nitrogen and oxygen atoms in total. The first-order valence-corrected chi connectivity index (χ1v) is 6.47. The van der Waals surface area contributed by atoms with E-state index in [2.05, 4.69) is 24.5 Å². The van der Waals surface area contributed by atoms with Gasteiger partial charge in [-0.2, -0.15) is 0 Å². The van der Waals surface area contributed by atoms with E-state index >= 15 is 0 Å². The summed E-state index contributed by atoms with van der Waals surface area (Å²) in [6.07, 6.45) is 2.25. The second kappa shape index (κ2) is 6.89. The summed E-state index contributed by atoms with van der Waals surface area (Å²) in [4.78, 5) is 11.7. The molecule has 0 unspecified atom stereocenters. The Bertz CT molecular complexity index is 400. The molecule has 0 aromatic heterocycles. The molecule has 0 saturated heterocycles. The standard InChI is InChI=1S/C14H23N3O/c1-4-10(5-2)9-17-13-8-11(15)6-7-12(13)14(18)16-3/h6-8,10,17H,4-5,9,15H2,1-3H3,(H,16,18). The lowest BCUT2D eigenvalue weighted by Gasteiger charge is -2.16. The summed E-state index contributed by atoms with van der Waals surface area (Å²) in [5, 5.41) is 5.97. The Hall–Kier alpha value is -1.71. The van der Waals surface area contributed by atoms with Crippen molar-refractivity contribution in [2.24, 2.45) is 5.92 Å². The molecule has 0 saturated carbocycles. The molecule has 0 atom stereocenters. The Morgan fingerprint density at radius 1 is 1.33 bits per heavy atom. The fourth-order valence-electron chi connectivity index (χ4n) is 1.87. The van der Waals surface area contributed by atoms with Crippen molar-refractivity contribution in [1.82, 2.24) is 5.32 Å². The van der Waals surface area contributed by atoms with Gasteiger partial charge in [0.25, 0.3) is 5.91 Å². The number of hydrogen-bond acceptors (Lipinski definition) is 3. The van der Waals surface area contributed by atoms with E-state index in [9.17, 15) is 4.79 Å². The van der Waals surface area contributed by atoms with Gasteiger partial charge in [0.15, 0.2) is 0 Å². The number of rotatable bonds is 6. The molecule has 0 fully saturated rings. The number of benzene rings is 1. The molecule has 4 N–H and O–H groups in total. The van der Waals surface area contributed by atoms with Crippen LogP contribution in [0.2, 0.25) is 0 Å². The van der Waals surface area contributed by atoms with Crippen LogP contribution < -0.4 is 16.4 Å². The molecule has 0 heterocycles. The highest BCUT2D eigenvalue weighted by Gasteiger charge is 2.11. The summed E-state index contributed by atoms with van der Waals surface area (Å²) in [6, 6.07) is 5.31. The molecule has 0 bridgehead atoms. The van der Waals surface area contributed by atoms with Gasteiger partial charge in [-0.15, -0.1) is 0 Å². The molecular formula is C14H23N3O. The molecular weight excluding hydrogens is 226 g/mol. The predicted molar refractivity (Wildman–Crippen MR) is 76.8 cm³/mol. The molecule has 0 aliphatic heterocycles. The highest BCUT2D eigenvalue weighted by Crippen LogP contribution is 2.20. The zero-order valence-electron chi connectivity index (χ0n) is 11.4. The molecule has 0 aliphatic rings. The van der Waals surface area contributed by atoms with E-state index < -0.39 is 0 Å². The first kappa shape index (κ1) is 14.4. The predicted octanol–water partition coefficient (Wildman–Crippen LogP) is 2.48. The quantitative estimate of drug-likeness (QED) is 0.678. The van der Waals surface area contributed by atoms with Crippen LogP contribution in [-0.4, -0.2) is 19.5 Å². The van der Waals surface area contributed by atoms with Crippen molar-refractivity contribution in [2.75, 3.05) is 24.6 Å². The fraction of sp³-hybridized carbons (Fsp3) is 0.500. The van der Waals surface area contributed by atoms with Crippen LogP contribution in [0.5, 0.6) is 0 Å². The third kappa shape index (κ3) is 3.65. The number of carbonyl (C=O) groups excluding carboxylic acids is 1. The third-order valence-electron chi connectivity index (χ3n) is 3.25. The normalized spacial score (nSPS) is 10.4. The maximum Gasteiger partial charge on any atom is 0.253 e. The second-order valence-electron chi connectivity index (χ2n) is 4.45. The molecule has 4 heteroatoms. The Morgan fingerprint density at radius 3 is 2.56 bits per heavy atom. The molecule has 0 aliphatic carbocycles.